The third-order valence-corrected chi connectivity index (χ3v) is 5.02. The molecule has 0 spiro atoms. The standard InChI is InChI=1S/C21H25Cl2N3O2/c1-5-26(11-19(27)24-18-10-16(22)7-6-14(18)3)12-20(28)25-21-15(4)8-13(2)9-17(21)23/h6-10H,5,11-12H2,1-4H3,(H,24,27)(H,25,28)/p+1. The summed E-state index contributed by atoms with van der Waals surface area (Å²) in [6.45, 7) is 8.67. The Morgan fingerprint density at radius 2 is 1.57 bits per heavy atom. The van der Waals surface area contributed by atoms with Crippen molar-refractivity contribution < 1.29 is 14.5 Å². The van der Waals surface area contributed by atoms with Crippen LogP contribution in [0, 0.1) is 20.8 Å². The highest BCUT2D eigenvalue weighted by molar-refractivity contribution is 6.34. The Bertz CT molecular complexity index is 861. The minimum atomic E-state index is -0.183. The Morgan fingerprint density at radius 3 is 2.18 bits per heavy atom. The summed E-state index contributed by atoms with van der Waals surface area (Å²) in [5.74, 6) is -0.350. The van der Waals surface area contributed by atoms with Gasteiger partial charge in [0.25, 0.3) is 11.8 Å². The van der Waals surface area contributed by atoms with E-state index >= 15 is 0 Å². The molecule has 0 aliphatic rings. The zero-order valence-corrected chi connectivity index (χ0v) is 18.1. The summed E-state index contributed by atoms with van der Waals surface area (Å²) in [5.41, 5.74) is 4.17. The number of rotatable bonds is 7. The first kappa shape index (κ1) is 22.2. The van der Waals surface area contributed by atoms with Crippen molar-refractivity contribution in [1.29, 1.82) is 0 Å². The number of likely N-dealkylation sites (N-methyl/N-ethyl adjacent to an activating group) is 1. The van der Waals surface area contributed by atoms with Crippen LogP contribution in [0.2, 0.25) is 10.0 Å². The van der Waals surface area contributed by atoms with Crippen LogP contribution in [-0.4, -0.2) is 31.4 Å². The lowest BCUT2D eigenvalue weighted by molar-refractivity contribution is -0.881. The quantitative estimate of drug-likeness (QED) is 0.639. The molecule has 1 unspecified atom stereocenters. The van der Waals surface area contributed by atoms with Gasteiger partial charge in [0.15, 0.2) is 13.1 Å². The zero-order chi connectivity index (χ0) is 20.8. The molecule has 2 rings (SSSR count). The van der Waals surface area contributed by atoms with Crippen molar-refractivity contribution in [2.75, 3.05) is 30.3 Å². The van der Waals surface area contributed by atoms with Crippen molar-refractivity contribution in [2.45, 2.75) is 27.7 Å². The zero-order valence-electron chi connectivity index (χ0n) is 16.6. The lowest BCUT2D eigenvalue weighted by Crippen LogP contribution is -3.13. The largest absolute Gasteiger partial charge is 0.321 e. The number of anilines is 2. The molecule has 2 amide bonds. The van der Waals surface area contributed by atoms with Crippen LogP contribution in [0.25, 0.3) is 0 Å². The molecule has 7 heteroatoms. The summed E-state index contributed by atoms with van der Waals surface area (Å²) < 4.78 is 0. The molecule has 0 heterocycles. The Hall–Kier alpha value is -2.08. The van der Waals surface area contributed by atoms with Gasteiger partial charge in [-0.15, -0.1) is 0 Å². The molecular formula is C21H26Cl2N3O2+. The summed E-state index contributed by atoms with van der Waals surface area (Å²) in [5, 5.41) is 6.81. The van der Waals surface area contributed by atoms with Crippen molar-refractivity contribution in [3.63, 3.8) is 0 Å². The molecule has 0 radical (unpaired) electrons. The molecule has 2 aromatic carbocycles. The van der Waals surface area contributed by atoms with Gasteiger partial charge in [-0.05, 0) is 62.6 Å². The van der Waals surface area contributed by atoms with Gasteiger partial charge in [-0.2, -0.15) is 0 Å². The van der Waals surface area contributed by atoms with Crippen molar-refractivity contribution in [1.82, 2.24) is 0 Å². The number of carbonyl (C=O) groups is 2. The molecule has 2 aromatic rings. The molecule has 0 fully saturated rings. The average Bonchev–Trinajstić information content (AvgIpc) is 2.60. The number of hydrogen-bond donors (Lipinski definition) is 3. The van der Waals surface area contributed by atoms with Gasteiger partial charge in [0.05, 0.1) is 17.3 Å². The van der Waals surface area contributed by atoms with E-state index in [1.165, 1.54) is 0 Å². The molecule has 150 valence electrons. The topological polar surface area (TPSA) is 62.6 Å². The van der Waals surface area contributed by atoms with Crippen molar-refractivity contribution in [3.8, 4) is 0 Å². The molecule has 0 aliphatic heterocycles. The van der Waals surface area contributed by atoms with Crippen LogP contribution in [0.1, 0.15) is 23.6 Å². The summed E-state index contributed by atoms with van der Waals surface area (Å²) in [7, 11) is 0. The number of quaternary nitrogens is 1. The van der Waals surface area contributed by atoms with E-state index in [4.69, 9.17) is 23.2 Å². The molecule has 5 nitrogen and oxygen atoms in total. The molecular weight excluding hydrogens is 397 g/mol. The maximum atomic E-state index is 12.5. The average molecular weight is 423 g/mol. The predicted molar refractivity (Wildman–Crippen MR) is 116 cm³/mol. The van der Waals surface area contributed by atoms with Gasteiger partial charge in [0.2, 0.25) is 0 Å². The highest BCUT2D eigenvalue weighted by Gasteiger charge is 2.19. The Labute approximate surface area is 176 Å². The minimum Gasteiger partial charge on any atom is -0.321 e. The van der Waals surface area contributed by atoms with Crippen LogP contribution in [0.15, 0.2) is 30.3 Å². The van der Waals surface area contributed by atoms with Crippen LogP contribution in [0.5, 0.6) is 0 Å². The van der Waals surface area contributed by atoms with Gasteiger partial charge in [0, 0.05) is 10.7 Å². The van der Waals surface area contributed by atoms with E-state index in [0.29, 0.717) is 28.0 Å². The maximum absolute atomic E-state index is 12.5. The van der Waals surface area contributed by atoms with E-state index in [1.807, 2.05) is 45.9 Å². The number of hydrogen-bond acceptors (Lipinski definition) is 2. The first-order valence-electron chi connectivity index (χ1n) is 9.15. The van der Waals surface area contributed by atoms with Crippen molar-refractivity contribution in [2.24, 2.45) is 0 Å². The van der Waals surface area contributed by atoms with Crippen LogP contribution in [-0.2, 0) is 9.59 Å². The summed E-state index contributed by atoms with van der Waals surface area (Å²) >= 11 is 12.2. The van der Waals surface area contributed by atoms with Crippen LogP contribution < -0.4 is 15.5 Å². The molecule has 0 saturated heterocycles. The van der Waals surface area contributed by atoms with Crippen molar-refractivity contribution >= 4 is 46.4 Å². The highest BCUT2D eigenvalue weighted by atomic mass is 35.5. The van der Waals surface area contributed by atoms with Gasteiger partial charge in [-0.3, -0.25) is 9.59 Å². The van der Waals surface area contributed by atoms with E-state index in [9.17, 15) is 9.59 Å². The molecule has 0 aromatic heterocycles. The molecule has 0 saturated carbocycles. The van der Waals surface area contributed by atoms with E-state index in [-0.39, 0.29) is 24.9 Å². The third kappa shape index (κ3) is 6.23. The monoisotopic (exact) mass is 422 g/mol. The SMILES string of the molecule is CC[NH+](CC(=O)Nc1cc(Cl)ccc1C)CC(=O)Nc1c(C)cc(C)cc1Cl. The van der Waals surface area contributed by atoms with E-state index in [0.717, 1.165) is 21.6 Å². The van der Waals surface area contributed by atoms with E-state index in [1.54, 1.807) is 12.1 Å². The first-order valence-corrected chi connectivity index (χ1v) is 9.91. The van der Waals surface area contributed by atoms with Gasteiger partial charge in [-0.25, -0.2) is 0 Å². The van der Waals surface area contributed by atoms with E-state index in [2.05, 4.69) is 10.6 Å². The second-order valence-electron chi connectivity index (χ2n) is 6.95. The highest BCUT2D eigenvalue weighted by Crippen LogP contribution is 2.27. The second kappa shape index (κ2) is 9.92. The molecule has 3 N–H and O–H groups in total. The fourth-order valence-electron chi connectivity index (χ4n) is 2.95. The lowest BCUT2D eigenvalue weighted by Gasteiger charge is -2.18. The fraction of sp³-hybridized carbons (Fsp3) is 0.333. The summed E-state index contributed by atoms with van der Waals surface area (Å²) in [6, 6.07) is 9.12. The van der Waals surface area contributed by atoms with Crippen LogP contribution >= 0.6 is 23.2 Å². The smallest absolute Gasteiger partial charge is 0.279 e. The molecule has 28 heavy (non-hydrogen) atoms. The van der Waals surface area contributed by atoms with Crippen molar-refractivity contribution in [3.05, 3.63) is 57.1 Å². The van der Waals surface area contributed by atoms with Gasteiger partial charge in [-0.1, -0.05) is 35.3 Å². The number of amides is 2. The lowest BCUT2D eigenvalue weighted by atomic mass is 10.1. The molecule has 0 aliphatic carbocycles. The fourth-order valence-corrected chi connectivity index (χ4v) is 3.49. The van der Waals surface area contributed by atoms with Gasteiger partial charge >= 0.3 is 0 Å². The number of carbonyl (C=O) groups excluding carboxylic acids is 2. The predicted octanol–water partition coefficient (Wildman–Crippen LogP) is 3.40. The summed E-state index contributed by atoms with van der Waals surface area (Å²) in [6.07, 6.45) is 0. The van der Waals surface area contributed by atoms with E-state index < -0.39 is 0 Å². The molecule has 0 bridgehead atoms. The summed E-state index contributed by atoms with van der Waals surface area (Å²) in [4.78, 5) is 25.7. The number of halogens is 2. The first-order chi connectivity index (χ1) is 13.2. The second-order valence-corrected chi connectivity index (χ2v) is 7.79. The number of benzene rings is 2. The normalized spacial score (nSPS) is 11.8. The maximum Gasteiger partial charge on any atom is 0.279 e. The van der Waals surface area contributed by atoms with Crippen LogP contribution in [0.3, 0.4) is 0 Å². The van der Waals surface area contributed by atoms with Crippen LogP contribution in [0.4, 0.5) is 11.4 Å². The Balaban J connectivity index is 1.97. The third-order valence-electron chi connectivity index (χ3n) is 4.49. The van der Waals surface area contributed by atoms with Gasteiger partial charge in [0.1, 0.15) is 0 Å². The number of aryl methyl sites for hydroxylation is 3. The minimum absolute atomic E-state index is 0.167. The molecule has 1 atom stereocenters. The Kier molecular flexibility index (Phi) is 7.87. The van der Waals surface area contributed by atoms with Gasteiger partial charge < -0.3 is 15.5 Å². The Morgan fingerprint density at radius 1 is 0.929 bits per heavy atom. The number of nitrogens with one attached hydrogen (secondary N) is 3.